The van der Waals surface area contributed by atoms with Crippen LogP contribution in [0.5, 0.6) is 0 Å². The van der Waals surface area contributed by atoms with Crippen LogP contribution < -0.4 is 5.32 Å². The van der Waals surface area contributed by atoms with Gasteiger partial charge >= 0.3 is 0 Å². The van der Waals surface area contributed by atoms with E-state index in [0.29, 0.717) is 5.92 Å². The van der Waals surface area contributed by atoms with Crippen LogP contribution in [0.1, 0.15) is 38.7 Å². The van der Waals surface area contributed by atoms with Crippen molar-refractivity contribution in [1.29, 1.82) is 0 Å². The van der Waals surface area contributed by atoms with Crippen molar-refractivity contribution >= 4 is 0 Å². The summed E-state index contributed by atoms with van der Waals surface area (Å²) in [6.07, 6.45) is 4.67. The highest BCUT2D eigenvalue weighted by molar-refractivity contribution is 5.16. The highest BCUT2D eigenvalue weighted by Crippen LogP contribution is 2.22. The zero-order valence-electron chi connectivity index (χ0n) is 11.9. The van der Waals surface area contributed by atoms with Crippen LogP contribution in [0.4, 0.5) is 4.39 Å². The van der Waals surface area contributed by atoms with E-state index in [9.17, 15) is 4.39 Å². The van der Waals surface area contributed by atoms with Gasteiger partial charge in [0, 0.05) is 0 Å². The van der Waals surface area contributed by atoms with E-state index < -0.39 is 0 Å². The molecule has 0 bridgehead atoms. The Kier molecular flexibility index (Phi) is 6.96. The van der Waals surface area contributed by atoms with Crippen LogP contribution in [0.2, 0.25) is 0 Å². The van der Waals surface area contributed by atoms with E-state index in [2.05, 4.69) is 19.2 Å². The lowest BCUT2D eigenvalue weighted by atomic mass is 9.86. The zero-order chi connectivity index (χ0) is 13.4. The molecule has 0 heterocycles. The lowest BCUT2D eigenvalue weighted by Gasteiger charge is -2.22. The smallest absolute Gasteiger partial charge is 0.123 e. The molecule has 1 rings (SSSR count). The summed E-state index contributed by atoms with van der Waals surface area (Å²) in [7, 11) is 1.99. The van der Waals surface area contributed by atoms with Crippen molar-refractivity contribution in [2.24, 2.45) is 11.8 Å². The van der Waals surface area contributed by atoms with E-state index in [0.717, 1.165) is 24.4 Å². The molecule has 0 saturated heterocycles. The van der Waals surface area contributed by atoms with E-state index in [1.54, 1.807) is 12.1 Å². The molecule has 0 saturated carbocycles. The minimum atomic E-state index is -0.127. The molecule has 1 unspecified atom stereocenters. The predicted octanol–water partition coefficient (Wildman–Crippen LogP) is 4.03. The van der Waals surface area contributed by atoms with Gasteiger partial charge in [0.15, 0.2) is 0 Å². The van der Waals surface area contributed by atoms with Gasteiger partial charge in [-0.1, -0.05) is 38.8 Å². The van der Waals surface area contributed by atoms with E-state index in [-0.39, 0.29) is 5.82 Å². The Hall–Kier alpha value is -0.890. The largest absolute Gasteiger partial charge is 0.319 e. The van der Waals surface area contributed by atoms with Crippen LogP contribution in [0.25, 0.3) is 0 Å². The minimum absolute atomic E-state index is 0.127. The van der Waals surface area contributed by atoms with Crippen LogP contribution in [-0.2, 0) is 6.42 Å². The van der Waals surface area contributed by atoms with Gasteiger partial charge in [0.05, 0.1) is 0 Å². The molecule has 0 fully saturated rings. The number of halogens is 1. The number of rotatable bonds is 8. The quantitative estimate of drug-likeness (QED) is 0.735. The summed E-state index contributed by atoms with van der Waals surface area (Å²) < 4.78 is 13.2. The van der Waals surface area contributed by atoms with Crippen molar-refractivity contribution in [3.8, 4) is 0 Å². The lowest BCUT2D eigenvalue weighted by molar-refractivity contribution is 0.343. The van der Waals surface area contributed by atoms with Crippen LogP contribution >= 0.6 is 0 Å². The summed E-state index contributed by atoms with van der Waals surface area (Å²) in [5.41, 5.74) is 1.11. The molecule has 102 valence electrons. The van der Waals surface area contributed by atoms with Gasteiger partial charge in [-0.05, 0) is 56.0 Å². The van der Waals surface area contributed by atoms with Crippen molar-refractivity contribution < 1.29 is 4.39 Å². The van der Waals surface area contributed by atoms with E-state index in [1.807, 2.05) is 13.1 Å². The molecule has 0 aliphatic rings. The summed E-state index contributed by atoms with van der Waals surface area (Å²) in [6.45, 7) is 5.52. The summed E-state index contributed by atoms with van der Waals surface area (Å²) in [5.74, 6) is 1.26. The van der Waals surface area contributed by atoms with Gasteiger partial charge in [0.2, 0.25) is 0 Å². The van der Waals surface area contributed by atoms with Crippen LogP contribution in [0.15, 0.2) is 24.3 Å². The summed E-state index contributed by atoms with van der Waals surface area (Å²) in [6, 6.07) is 7.00. The standard InChI is InChI=1S/C16H26FN/c1-4-13(5-2)9-15(12-18-3)10-14-7-6-8-16(17)11-14/h6-8,11,13,15,18H,4-5,9-10,12H2,1-3H3. The summed E-state index contributed by atoms with van der Waals surface area (Å²) in [4.78, 5) is 0. The van der Waals surface area contributed by atoms with Crippen LogP contribution in [-0.4, -0.2) is 13.6 Å². The molecule has 0 radical (unpaired) electrons. The number of hydrogen-bond acceptors (Lipinski definition) is 1. The maximum Gasteiger partial charge on any atom is 0.123 e. The number of hydrogen-bond donors (Lipinski definition) is 1. The average molecular weight is 251 g/mol. The van der Waals surface area contributed by atoms with E-state index in [4.69, 9.17) is 0 Å². The van der Waals surface area contributed by atoms with Gasteiger partial charge in [-0.15, -0.1) is 0 Å². The van der Waals surface area contributed by atoms with Gasteiger partial charge in [0.1, 0.15) is 5.82 Å². The first-order chi connectivity index (χ1) is 8.69. The molecule has 0 spiro atoms. The van der Waals surface area contributed by atoms with Gasteiger partial charge < -0.3 is 5.32 Å². The first kappa shape index (κ1) is 15.2. The van der Waals surface area contributed by atoms with E-state index >= 15 is 0 Å². The third-order valence-electron chi connectivity index (χ3n) is 3.73. The fourth-order valence-electron chi connectivity index (χ4n) is 2.62. The summed E-state index contributed by atoms with van der Waals surface area (Å²) in [5, 5.41) is 3.26. The van der Waals surface area contributed by atoms with Crippen molar-refractivity contribution in [1.82, 2.24) is 5.32 Å². The predicted molar refractivity (Wildman–Crippen MR) is 76.2 cm³/mol. The average Bonchev–Trinajstić information content (AvgIpc) is 2.36. The normalized spacial score (nSPS) is 12.9. The molecule has 18 heavy (non-hydrogen) atoms. The Morgan fingerprint density at radius 2 is 1.89 bits per heavy atom. The molecule has 1 aromatic rings. The first-order valence-electron chi connectivity index (χ1n) is 7.08. The fraction of sp³-hybridized carbons (Fsp3) is 0.625. The molecule has 0 amide bonds. The molecule has 0 aromatic heterocycles. The monoisotopic (exact) mass is 251 g/mol. The first-order valence-corrected chi connectivity index (χ1v) is 7.08. The second kappa shape index (κ2) is 8.25. The Balaban J connectivity index is 2.61. The molecule has 0 aliphatic carbocycles. The Bertz CT molecular complexity index is 334. The third-order valence-corrected chi connectivity index (χ3v) is 3.73. The molecule has 0 aliphatic heterocycles. The van der Waals surface area contributed by atoms with Crippen molar-refractivity contribution in [3.05, 3.63) is 35.6 Å². The molecule has 1 N–H and O–H groups in total. The lowest BCUT2D eigenvalue weighted by Crippen LogP contribution is -2.23. The second-order valence-corrected chi connectivity index (χ2v) is 5.18. The van der Waals surface area contributed by atoms with Gasteiger partial charge in [0.25, 0.3) is 0 Å². The molecule has 1 atom stereocenters. The maximum absolute atomic E-state index is 13.2. The topological polar surface area (TPSA) is 12.0 Å². The van der Waals surface area contributed by atoms with Gasteiger partial charge in [-0.25, -0.2) is 4.39 Å². The highest BCUT2D eigenvalue weighted by atomic mass is 19.1. The zero-order valence-corrected chi connectivity index (χ0v) is 11.9. The molecule has 2 heteroatoms. The van der Waals surface area contributed by atoms with Gasteiger partial charge in [-0.2, -0.15) is 0 Å². The van der Waals surface area contributed by atoms with Crippen LogP contribution in [0.3, 0.4) is 0 Å². The Morgan fingerprint density at radius 3 is 2.44 bits per heavy atom. The number of benzene rings is 1. The third kappa shape index (κ3) is 5.18. The number of nitrogens with one attached hydrogen (secondary N) is 1. The minimum Gasteiger partial charge on any atom is -0.319 e. The molecule has 1 nitrogen and oxygen atoms in total. The molecular formula is C16H26FN. The van der Waals surface area contributed by atoms with Crippen molar-refractivity contribution in [2.45, 2.75) is 39.5 Å². The van der Waals surface area contributed by atoms with Crippen molar-refractivity contribution in [2.75, 3.05) is 13.6 Å². The summed E-state index contributed by atoms with van der Waals surface area (Å²) >= 11 is 0. The van der Waals surface area contributed by atoms with E-state index in [1.165, 1.54) is 25.3 Å². The van der Waals surface area contributed by atoms with Crippen LogP contribution in [0, 0.1) is 17.7 Å². The van der Waals surface area contributed by atoms with Crippen molar-refractivity contribution in [3.63, 3.8) is 0 Å². The second-order valence-electron chi connectivity index (χ2n) is 5.18. The fourth-order valence-corrected chi connectivity index (χ4v) is 2.62. The SMILES string of the molecule is CCC(CC)CC(CNC)Cc1cccc(F)c1. The Labute approximate surface area is 111 Å². The highest BCUT2D eigenvalue weighted by Gasteiger charge is 2.14. The molecular weight excluding hydrogens is 225 g/mol. The maximum atomic E-state index is 13.2. The molecule has 1 aromatic carbocycles. The van der Waals surface area contributed by atoms with Gasteiger partial charge in [-0.3, -0.25) is 0 Å². The Morgan fingerprint density at radius 1 is 1.17 bits per heavy atom.